The molecule has 0 saturated heterocycles. The lowest BCUT2D eigenvalue weighted by Crippen LogP contribution is -2.52. The number of carbonyl (C=O) groups is 2. The number of anilines is 1. The van der Waals surface area contributed by atoms with E-state index < -0.39 is 28.7 Å². The highest BCUT2D eigenvalue weighted by Crippen LogP contribution is 2.22. The molecule has 0 heterocycles. The lowest BCUT2D eigenvalue weighted by Gasteiger charge is -2.32. The van der Waals surface area contributed by atoms with Gasteiger partial charge in [-0.2, -0.15) is 12.7 Å². The highest BCUT2D eigenvalue weighted by molar-refractivity contribution is 7.90. The molecule has 0 fully saturated rings. The molecule has 2 aromatic rings. The van der Waals surface area contributed by atoms with E-state index in [-0.39, 0.29) is 12.5 Å². The molecule has 2 aromatic carbocycles. The lowest BCUT2D eigenvalue weighted by molar-refractivity contribution is -0.139. The summed E-state index contributed by atoms with van der Waals surface area (Å²) < 4.78 is 27.9. The molecule has 1 unspecified atom stereocenters. The first kappa shape index (κ1) is 24.6. The number of nitrogens with zero attached hydrogens (tertiary/aromatic N) is 3. The molecular weight excluding hydrogens is 440 g/mol. The SMILES string of the molecule is CNC(=O)C(C)N(Cc1ccccc1Cl)C(=O)CN(c1ccccc1)S(=O)(=O)N(C)C. The summed E-state index contributed by atoms with van der Waals surface area (Å²) in [6.45, 7) is 1.16. The van der Waals surface area contributed by atoms with E-state index in [9.17, 15) is 18.0 Å². The Morgan fingerprint density at radius 1 is 1.03 bits per heavy atom. The van der Waals surface area contributed by atoms with Crippen LogP contribution in [0, 0.1) is 0 Å². The number of nitrogens with one attached hydrogen (secondary N) is 1. The molecule has 0 radical (unpaired) electrons. The van der Waals surface area contributed by atoms with Gasteiger partial charge < -0.3 is 10.2 Å². The zero-order valence-corrected chi connectivity index (χ0v) is 19.5. The average molecular weight is 467 g/mol. The zero-order valence-electron chi connectivity index (χ0n) is 17.9. The van der Waals surface area contributed by atoms with Gasteiger partial charge in [0.15, 0.2) is 0 Å². The Labute approximate surface area is 188 Å². The van der Waals surface area contributed by atoms with Crippen molar-refractivity contribution in [1.82, 2.24) is 14.5 Å². The number of para-hydroxylation sites is 1. The van der Waals surface area contributed by atoms with Crippen molar-refractivity contribution in [2.45, 2.75) is 19.5 Å². The maximum absolute atomic E-state index is 13.4. The number of halogens is 1. The molecule has 0 bridgehead atoms. The van der Waals surface area contributed by atoms with Gasteiger partial charge in [-0.1, -0.05) is 48.0 Å². The number of rotatable bonds is 9. The highest BCUT2D eigenvalue weighted by atomic mass is 35.5. The van der Waals surface area contributed by atoms with Gasteiger partial charge in [0.1, 0.15) is 12.6 Å². The van der Waals surface area contributed by atoms with Crippen LogP contribution in [-0.4, -0.2) is 63.2 Å². The van der Waals surface area contributed by atoms with Crippen LogP contribution in [-0.2, 0) is 26.3 Å². The smallest absolute Gasteiger partial charge is 0.304 e. The van der Waals surface area contributed by atoms with Gasteiger partial charge in [-0.3, -0.25) is 9.59 Å². The minimum absolute atomic E-state index is 0.0533. The monoisotopic (exact) mass is 466 g/mol. The quantitative estimate of drug-likeness (QED) is 0.613. The fourth-order valence-electron chi connectivity index (χ4n) is 2.91. The maximum Gasteiger partial charge on any atom is 0.304 e. The summed E-state index contributed by atoms with van der Waals surface area (Å²) in [4.78, 5) is 27.0. The fraction of sp³-hybridized carbons (Fsp3) is 0.333. The second kappa shape index (κ2) is 10.6. The van der Waals surface area contributed by atoms with E-state index in [4.69, 9.17) is 11.6 Å². The van der Waals surface area contributed by atoms with Gasteiger partial charge in [0, 0.05) is 32.7 Å². The normalized spacial score (nSPS) is 12.3. The fourth-order valence-corrected chi connectivity index (χ4v) is 4.16. The Kier molecular flexibility index (Phi) is 8.43. The largest absolute Gasteiger partial charge is 0.357 e. The molecule has 0 aliphatic rings. The van der Waals surface area contributed by atoms with Crippen molar-refractivity contribution >= 4 is 39.3 Å². The number of likely N-dealkylation sites (N-methyl/N-ethyl adjacent to an activating group) is 1. The summed E-state index contributed by atoms with van der Waals surface area (Å²) in [5.41, 5.74) is 0.991. The van der Waals surface area contributed by atoms with Crippen molar-refractivity contribution < 1.29 is 18.0 Å². The van der Waals surface area contributed by atoms with Crippen LogP contribution in [0.25, 0.3) is 0 Å². The molecule has 0 aromatic heterocycles. The van der Waals surface area contributed by atoms with Crippen molar-refractivity contribution in [3.63, 3.8) is 0 Å². The highest BCUT2D eigenvalue weighted by Gasteiger charge is 2.32. The van der Waals surface area contributed by atoms with Gasteiger partial charge in [0.2, 0.25) is 11.8 Å². The molecule has 8 nitrogen and oxygen atoms in total. The van der Waals surface area contributed by atoms with Gasteiger partial charge in [-0.15, -0.1) is 0 Å². The van der Waals surface area contributed by atoms with Crippen LogP contribution in [0.3, 0.4) is 0 Å². The second-order valence-corrected chi connectivity index (χ2v) is 9.51. The van der Waals surface area contributed by atoms with E-state index in [0.29, 0.717) is 16.3 Å². The minimum Gasteiger partial charge on any atom is -0.357 e. The first-order valence-corrected chi connectivity index (χ1v) is 11.4. The number of hydrogen-bond acceptors (Lipinski definition) is 4. The van der Waals surface area contributed by atoms with E-state index >= 15 is 0 Å². The molecule has 168 valence electrons. The second-order valence-electron chi connectivity index (χ2n) is 7.04. The maximum atomic E-state index is 13.4. The Hall–Kier alpha value is -2.62. The molecule has 1 atom stereocenters. The Morgan fingerprint density at radius 2 is 1.61 bits per heavy atom. The van der Waals surface area contributed by atoms with Crippen molar-refractivity contribution in [2.75, 3.05) is 32.0 Å². The van der Waals surface area contributed by atoms with Crippen molar-refractivity contribution in [3.8, 4) is 0 Å². The molecule has 0 aliphatic carbocycles. The summed E-state index contributed by atoms with van der Waals surface area (Å²) in [6.07, 6.45) is 0. The molecule has 31 heavy (non-hydrogen) atoms. The Morgan fingerprint density at radius 3 is 2.16 bits per heavy atom. The van der Waals surface area contributed by atoms with Crippen molar-refractivity contribution in [1.29, 1.82) is 0 Å². The first-order valence-electron chi connectivity index (χ1n) is 9.59. The van der Waals surface area contributed by atoms with Gasteiger partial charge in [0.05, 0.1) is 5.69 Å². The van der Waals surface area contributed by atoms with Crippen LogP contribution >= 0.6 is 11.6 Å². The number of amides is 2. The summed E-state index contributed by atoms with van der Waals surface area (Å²) in [7, 11) is 0.302. The summed E-state index contributed by atoms with van der Waals surface area (Å²) >= 11 is 6.26. The van der Waals surface area contributed by atoms with Gasteiger partial charge in [-0.25, -0.2) is 4.31 Å². The number of carbonyl (C=O) groups excluding carboxylic acids is 2. The predicted molar refractivity (Wildman–Crippen MR) is 122 cm³/mol. The van der Waals surface area contributed by atoms with E-state index in [0.717, 1.165) is 8.61 Å². The molecular formula is C21H27ClN4O4S. The third kappa shape index (κ3) is 5.96. The Balaban J connectivity index is 2.43. The summed E-state index contributed by atoms with van der Waals surface area (Å²) in [6, 6.07) is 14.5. The van der Waals surface area contributed by atoms with Gasteiger partial charge in [-0.05, 0) is 30.7 Å². The molecule has 2 amide bonds. The van der Waals surface area contributed by atoms with Crippen LogP contribution in [0.15, 0.2) is 54.6 Å². The zero-order chi connectivity index (χ0) is 23.2. The van der Waals surface area contributed by atoms with Crippen LogP contribution in [0.1, 0.15) is 12.5 Å². The van der Waals surface area contributed by atoms with Crippen molar-refractivity contribution in [2.24, 2.45) is 0 Å². The third-order valence-electron chi connectivity index (χ3n) is 4.78. The number of hydrogen-bond donors (Lipinski definition) is 1. The summed E-state index contributed by atoms with van der Waals surface area (Å²) in [5, 5.41) is 2.98. The molecule has 1 N–H and O–H groups in total. The molecule has 0 saturated carbocycles. The van der Waals surface area contributed by atoms with E-state index in [1.54, 1.807) is 61.5 Å². The van der Waals surface area contributed by atoms with Gasteiger partial charge >= 0.3 is 10.2 Å². The standard InChI is InChI=1S/C21H27ClN4O4S/c1-16(21(28)23-2)25(14-17-10-8-9-13-19(17)22)20(27)15-26(31(29,30)24(3)4)18-11-6-5-7-12-18/h5-13,16H,14-15H2,1-4H3,(H,23,28). The van der Waals surface area contributed by atoms with Crippen LogP contribution in [0.5, 0.6) is 0 Å². The van der Waals surface area contributed by atoms with E-state index in [1.165, 1.54) is 26.0 Å². The third-order valence-corrected chi connectivity index (χ3v) is 6.96. The van der Waals surface area contributed by atoms with Gasteiger partial charge in [0.25, 0.3) is 0 Å². The van der Waals surface area contributed by atoms with E-state index in [2.05, 4.69) is 5.32 Å². The molecule has 10 heteroatoms. The molecule has 2 rings (SSSR count). The molecule has 0 spiro atoms. The molecule has 0 aliphatic heterocycles. The first-order chi connectivity index (χ1) is 14.6. The summed E-state index contributed by atoms with van der Waals surface area (Å²) in [5.74, 6) is -0.910. The average Bonchev–Trinajstić information content (AvgIpc) is 2.76. The lowest BCUT2D eigenvalue weighted by atomic mass is 10.1. The Bertz CT molecular complexity index is 1020. The minimum atomic E-state index is -3.96. The number of benzene rings is 2. The predicted octanol–water partition coefficient (Wildman–Crippen LogP) is 2.12. The van der Waals surface area contributed by atoms with E-state index in [1.807, 2.05) is 0 Å². The van der Waals surface area contributed by atoms with Crippen LogP contribution < -0.4 is 9.62 Å². The van der Waals surface area contributed by atoms with Crippen LogP contribution in [0.4, 0.5) is 5.69 Å². The van der Waals surface area contributed by atoms with Crippen molar-refractivity contribution in [3.05, 3.63) is 65.2 Å². The van der Waals surface area contributed by atoms with Crippen LogP contribution in [0.2, 0.25) is 5.02 Å². The topological polar surface area (TPSA) is 90.0 Å².